The lowest BCUT2D eigenvalue weighted by atomic mass is 10.4. The van der Waals surface area contributed by atoms with Crippen molar-refractivity contribution in [3.05, 3.63) is 17.8 Å². The molecule has 0 aliphatic carbocycles. The molecule has 0 aromatic carbocycles. The number of hydrogen-bond acceptors (Lipinski definition) is 2. The molecule has 1 aromatic heterocycles. The average Bonchev–Trinajstić information content (AvgIpc) is 2.34. The average molecular weight is 149 g/mol. The van der Waals surface area contributed by atoms with E-state index in [0.717, 1.165) is 5.82 Å². The molecule has 0 unspecified atom stereocenters. The standard InChI is InChI=1S/C8H11N3/c1-7(2)6-11-8(9-3)4-5-10-11/h4-6H,3H2,1-2H3. The van der Waals surface area contributed by atoms with Crippen LogP contribution in [0.3, 0.4) is 0 Å². The summed E-state index contributed by atoms with van der Waals surface area (Å²) in [5.74, 6) is 0.770. The second-order valence-electron chi connectivity index (χ2n) is 2.50. The van der Waals surface area contributed by atoms with E-state index >= 15 is 0 Å². The molecule has 0 N–H and O–H groups in total. The number of rotatable bonds is 2. The van der Waals surface area contributed by atoms with E-state index in [1.807, 2.05) is 26.1 Å². The van der Waals surface area contributed by atoms with Crippen LogP contribution in [-0.4, -0.2) is 16.5 Å². The van der Waals surface area contributed by atoms with Gasteiger partial charge < -0.3 is 0 Å². The molecule has 3 heteroatoms. The maximum Gasteiger partial charge on any atom is 0.154 e. The fraction of sp³-hybridized carbons (Fsp3) is 0.250. The summed E-state index contributed by atoms with van der Waals surface area (Å²) >= 11 is 0. The molecule has 58 valence electrons. The van der Waals surface area contributed by atoms with E-state index in [-0.39, 0.29) is 0 Å². The maximum atomic E-state index is 4.03. The van der Waals surface area contributed by atoms with Crippen molar-refractivity contribution in [1.82, 2.24) is 9.78 Å². The Balaban J connectivity index is 3.03. The van der Waals surface area contributed by atoms with Gasteiger partial charge in [-0.3, -0.25) is 0 Å². The topological polar surface area (TPSA) is 30.2 Å². The molecule has 0 saturated heterocycles. The first kappa shape index (κ1) is 7.72. The van der Waals surface area contributed by atoms with Gasteiger partial charge in [0.25, 0.3) is 0 Å². The summed E-state index contributed by atoms with van der Waals surface area (Å²) in [5.41, 5.74) is 1.18. The first-order valence-electron chi connectivity index (χ1n) is 3.39. The Hall–Kier alpha value is -1.38. The highest BCUT2D eigenvalue weighted by Gasteiger charge is 1.93. The zero-order chi connectivity index (χ0) is 8.27. The van der Waals surface area contributed by atoms with Crippen LogP contribution in [0, 0.1) is 0 Å². The van der Waals surface area contributed by atoms with E-state index in [4.69, 9.17) is 0 Å². The molecule has 0 bridgehead atoms. The summed E-state index contributed by atoms with van der Waals surface area (Å²) in [6.07, 6.45) is 3.60. The Kier molecular flexibility index (Phi) is 2.21. The van der Waals surface area contributed by atoms with Gasteiger partial charge in [-0.05, 0) is 20.6 Å². The fourth-order valence-corrected chi connectivity index (χ4v) is 0.777. The third-order valence-electron chi connectivity index (χ3n) is 1.19. The van der Waals surface area contributed by atoms with Gasteiger partial charge in [0, 0.05) is 12.3 Å². The van der Waals surface area contributed by atoms with Crippen molar-refractivity contribution in [2.75, 3.05) is 0 Å². The molecular formula is C8H11N3. The van der Waals surface area contributed by atoms with Crippen LogP contribution in [0.25, 0.3) is 6.20 Å². The summed E-state index contributed by atoms with van der Waals surface area (Å²) in [6, 6.07) is 1.81. The zero-order valence-electron chi connectivity index (χ0n) is 6.78. The fourth-order valence-electron chi connectivity index (χ4n) is 0.777. The van der Waals surface area contributed by atoms with Gasteiger partial charge in [0.05, 0.1) is 6.20 Å². The van der Waals surface area contributed by atoms with E-state index in [1.54, 1.807) is 10.9 Å². The highest BCUT2D eigenvalue weighted by atomic mass is 15.3. The first-order chi connectivity index (χ1) is 5.24. The maximum absolute atomic E-state index is 4.03. The molecular weight excluding hydrogens is 138 g/mol. The predicted molar refractivity (Wildman–Crippen MR) is 47.1 cm³/mol. The summed E-state index contributed by atoms with van der Waals surface area (Å²) in [6.45, 7) is 7.45. The molecule has 0 aliphatic heterocycles. The van der Waals surface area contributed by atoms with Gasteiger partial charge >= 0.3 is 0 Å². The lowest BCUT2D eigenvalue weighted by Crippen LogP contribution is -1.87. The number of nitrogens with zero attached hydrogens (tertiary/aromatic N) is 3. The monoisotopic (exact) mass is 149 g/mol. The number of hydrogen-bond donors (Lipinski definition) is 0. The summed E-state index contributed by atoms with van der Waals surface area (Å²) in [4.78, 5) is 3.79. The van der Waals surface area contributed by atoms with Gasteiger partial charge in [-0.2, -0.15) is 5.10 Å². The Morgan fingerprint density at radius 1 is 1.73 bits per heavy atom. The van der Waals surface area contributed by atoms with Crippen molar-refractivity contribution in [2.24, 2.45) is 4.99 Å². The van der Waals surface area contributed by atoms with Crippen LogP contribution < -0.4 is 0 Å². The van der Waals surface area contributed by atoms with Crippen LogP contribution in [0.1, 0.15) is 13.8 Å². The normalized spacial score (nSPS) is 9.27. The molecule has 0 radical (unpaired) electrons. The van der Waals surface area contributed by atoms with Gasteiger partial charge in [-0.15, -0.1) is 0 Å². The summed E-state index contributed by atoms with van der Waals surface area (Å²) < 4.78 is 1.70. The SMILES string of the molecule is C=Nc1ccnn1C=C(C)C. The third kappa shape index (κ3) is 1.77. The molecule has 3 nitrogen and oxygen atoms in total. The Bertz CT molecular complexity index is 279. The van der Waals surface area contributed by atoms with Gasteiger partial charge in [0.15, 0.2) is 5.82 Å². The van der Waals surface area contributed by atoms with Gasteiger partial charge in [-0.1, -0.05) is 5.57 Å². The van der Waals surface area contributed by atoms with E-state index in [9.17, 15) is 0 Å². The third-order valence-corrected chi connectivity index (χ3v) is 1.19. The van der Waals surface area contributed by atoms with Crippen molar-refractivity contribution in [2.45, 2.75) is 13.8 Å². The molecule has 1 rings (SSSR count). The van der Waals surface area contributed by atoms with Crippen LogP contribution in [0.4, 0.5) is 5.82 Å². The van der Waals surface area contributed by atoms with Crippen molar-refractivity contribution >= 4 is 18.7 Å². The van der Waals surface area contributed by atoms with Crippen LogP contribution >= 0.6 is 0 Å². The Morgan fingerprint density at radius 2 is 2.45 bits per heavy atom. The Labute approximate surface area is 66.1 Å². The Morgan fingerprint density at radius 3 is 3.00 bits per heavy atom. The van der Waals surface area contributed by atoms with Crippen molar-refractivity contribution in [3.8, 4) is 0 Å². The van der Waals surface area contributed by atoms with Crippen molar-refractivity contribution in [1.29, 1.82) is 0 Å². The summed E-state index contributed by atoms with van der Waals surface area (Å²) in [7, 11) is 0. The highest BCUT2D eigenvalue weighted by Crippen LogP contribution is 2.10. The van der Waals surface area contributed by atoms with Gasteiger partial charge in [-0.25, -0.2) is 9.67 Å². The lowest BCUT2D eigenvalue weighted by Gasteiger charge is -1.95. The number of aromatic nitrogens is 2. The molecule has 0 fully saturated rings. The van der Waals surface area contributed by atoms with Crippen LogP contribution in [-0.2, 0) is 0 Å². The number of allylic oxidation sites excluding steroid dienone is 1. The van der Waals surface area contributed by atoms with Crippen molar-refractivity contribution in [3.63, 3.8) is 0 Å². The summed E-state index contributed by atoms with van der Waals surface area (Å²) in [5, 5.41) is 4.03. The van der Waals surface area contributed by atoms with Crippen LogP contribution in [0.15, 0.2) is 22.8 Å². The minimum absolute atomic E-state index is 0.770. The number of aliphatic imine (C=N–C) groups is 1. The zero-order valence-corrected chi connectivity index (χ0v) is 6.78. The molecule has 0 amide bonds. The van der Waals surface area contributed by atoms with E-state index in [1.165, 1.54) is 5.57 Å². The smallest absolute Gasteiger partial charge is 0.154 e. The quantitative estimate of drug-likeness (QED) is 0.592. The van der Waals surface area contributed by atoms with E-state index in [2.05, 4.69) is 16.8 Å². The van der Waals surface area contributed by atoms with Crippen LogP contribution in [0.2, 0.25) is 0 Å². The molecule has 0 atom stereocenters. The molecule has 0 spiro atoms. The molecule has 0 aliphatic rings. The minimum atomic E-state index is 0.770. The second-order valence-corrected chi connectivity index (χ2v) is 2.50. The minimum Gasteiger partial charge on any atom is -0.245 e. The largest absolute Gasteiger partial charge is 0.245 e. The van der Waals surface area contributed by atoms with E-state index in [0.29, 0.717) is 0 Å². The van der Waals surface area contributed by atoms with Crippen molar-refractivity contribution < 1.29 is 0 Å². The van der Waals surface area contributed by atoms with E-state index < -0.39 is 0 Å². The lowest BCUT2D eigenvalue weighted by molar-refractivity contribution is 0.926. The van der Waals surface area contributed by atoms with Gasteiger partial charge in [0.2, 0.25) is 0 Å². The molecule has 1 heterocycles. The molecule has 0 saturated carbocycles. The van der Waals surface area contributed by atoms with Crippen LogP contribution in [0.5, 0.6) is 0 Å². The van der Waals surface area contributed by atoms with Gasteiger partial charge in [0.1, 0.15) is 0 Å². The first-order valence-corrected chi connectivity index (χ1v) is 3.39. The second kappa shape index (κ2) is 3.14. The highest BCUT2D eigenvalue weighted by molar-refractivity contribution is 5.44. The molecule has 1 aromatic rings. The molecule has 11 heavy (non-hydrogen) atoms. The predicted octanol–water partition coefficient (Wildman–Crippen LogP) is 2.10.